The molecule has 3 N–H and O–H groups in total. The van der Waals surface area contributed by atoms with Gasteiger partial charge in [-0.25, -0.2) is 0 Å². The zero-order valence-corrected chi connectivity index (χ0v) is 14.2. The first-order valence-electron chi connectivity index (χ1n) is 8.49. The molecular formula is C21H19N3O2. The van der Waals surface area contributed by atoms with Gasteiger partial charge in [0.1, 0.15) is 5.76 Å². The molecule has 0 fully saturated rings. The summed E-state index contributed by atoms with van der Waals surface area (Å²) in [4.78, 5) is 15.5. The van der Waals surface area contributed by atoms with Crippen LogP contribution in [-0.4, -0.2) is 10.9 Å². The van der Waals surface area contributed by atoms with E-state index in [1.165, 1.54) is 0 Å². The third kappa shape index (κ3) is 3.62. The van der Waals surface area contributed by atoms with Gasteiger partial charge in [0.2, 0.25) is 5.91 Å². The van der Waals surface area contributed by atoms with Gasteiger partial charge in [0.15, 0.2) is 0 Å². The van der Waals surface area contributed by atoms with Crippen molar-refractivity contribution in [1.82, 2.24) is 4.98 Å². The van der Waals surface area contributed by atoms with E-state index in [0.717, 1.165) is 33.6 Å². The van der Waals surface area contributed by atoms with Crippen molar-refractivity contribution in [3.63, 3.8) is 0 Å². The summed E-state index contributed by atoms with van der Waals surface area (Å²) in [7, 11) is 0. The molecule has 0 atom stereocenters. The number of hydrogen-bond acceptors (Lipinski definition) is 3. The predicted octanol–water partition coefficient (Wildman–Crippen LogP) is 4.55. The van der Waals surface area contributed by atoms with E-state index >= 15 is 0 Å². The van der Waals surface area contributed by atoms with E-state index < -0.39 is 0 Å². The van der Waals surface area contributed by atoms with Gasteiger partial charge in [0, 0.05) is 28.5 Å². The second-order valence-electron chi connectivity index (χ2n) is 6.09. The smallest absolute Gasteiger partial charge is 0.228 e. The van der Waals surface area contributed by atoms with Gasteiger partial charge in [-0.1, -0.05) is 18.2 Å². The van der Waals surface area contributed by atoms with Gasteiger partial charge in [-0.2, -0.15) is 0 Å². The van der Waals surface area contributed by atoms with Gasteiger partial charge < -0.3 is 20.0 Å². The largest absolute Gasteiger partial charge is 0.467 e. The molecule has 2 aromatic carbocycles. The molecule has 0 unspecified atom stereocenters. The maximum Gasteiger partial charge on any atom is 0.228 e. The van der Waals surface area contributed by atoms with E-state index in [2.05, 4.69) is 15.6 Å². The highest BCUT2D eigenvalue weighted by Crippen LogP contribution is 2.19. The molecule has 5 nitrogen and oxygen atoms in total. The van der Waals surface area contributed by atoms with Crippen LogP contribution in [0.25, 0.3) is 10.9 Å². The minimum absolute atomic E-state index is 0.0361. The molecule has 0 radical (unpaired) electrons. The normalized spacial score (nSPS) is 10.8. The fourth-order valence-corrected chi connectivity index (χ4v) is 2.93. The van der Waals surface area contributed by atoms with Crippen LogP contribution < -0.4 is 10.6 Å². The van der Waals surface area contributed by atoms with E-state index in [4.69, 9.17) is 4.42 Å². The van der Waals surface area contributed by atoms with Crippen LogP contribution in [0.15, 0.2) is 77.5 Å². The van der Waals surface area contributed by atoms with Crippen LogP contribution in [0.5, 0.6) is 0 Å². The molecule has 2 heterocycles. The zero-order valence-electron chi connectivity index (χ0n) is 14.2. The number of aromatic amines is 1. The number of benzene rings is 2. The Hall–Kier alpha value is -3.47. The SMILES string of the molecule is O=C(Cc1c[nH]c2ccccc12)Nc1ccc(NCc2ccco2)cc1. The first kappa shape index (κ1) is 16.0. The van der Waals surface area contributed by atoms with Gasteiger partial charge in [0.25, 0.3) is 0 Å². The van der Waals surface area contributed by atoms with Gasteiger partial charge in [0.05, 0.1) is 19.2 Å². The fourth-order valence-electron chi connectivity index (χ4n) is 2.93. The fraction of sp³-hybridized carbons (Fsp3) is 0.0952. The molecule has 0 aliphatic heterocycles. The molecular weight excluding hydrogens is 326 g/mol. The number of H-pyrrole nitrogens is 1. The number of para-hydroxylation sites is 1. The summed E-state index contributed by atoms with van der Waals surface area (Å²) in [6.07, 6.45) is 3.89. The topological polar surface area (TPSA) is 70.1 Å². The van der Waals surface area contributed by atoms with Crippen LogP contribution >= 0.6 is 0 Å². The molecule has 0 saturated carbocycles. The Bertz CT molecular complexity index is 1000. The first-order chi connectivity index (χ1) is 12.8. The summed E-state index contributed by atoms with van der Waals surface area (Å²) in [5.74, 6) is 0.840. The summed E-state index contributed by atoms with van der Waals surface area (Å²) in [6.45, 7) is 0.624. The highest BCUT2D eigenvalue weighted by Gasteiger charge is 2.09. The molecule has 26 heavy (non-hydrogen) atoms. The molecule has 4 aromatic rings. The number of rotatable bonds is 6. The first-order valence-corrected chi connectivity index (χ1v) is 8.49. The summed E-state index contributed by atoms with van der Waals surface area (Å²) in [6, 6.07) is 19.4. The quantitative estimate of drug-likeness (QED) is 0.480. The van der Waals surface area contributed by atoms with Gasteiger partial charge >= 0.3 is 0 Å². The lowest BCUT2D eigenvalue weighted by molar-refractivity contribution is -0.115. The second-order valence-corrected chi connectivity index (χ2v) is 6.09. The Labute approximate surface area is 151 Å². The van der Waals surface area contributed by atoms with Crippen molar-refractivity contribution in [2.45, 2.75) is 13.0 Å². The number of carbonyl (C=O) groups is 1. The molecule has 0 saturated heterocycles. The number of amides is 1. The maximum absolute atomic E-state index is 12.3. The highest BCUT2D eigenvalue weighted by molar-refractivity contribution is 5.95. The summed E-state index contributed by atoms with van der Waals surface area (Å²) < 4.78 is 5.29. The van der Waals surface area contributed by atoms with E-state index in [9.17, 15) is 4.79 Å². The van der Waals surface area contributed by atoms with Gasteiger partial charge in [-0.05, 0) is 48.0 Å². The van der Waals surface area contributed by atoms with Crippen molar-refractivity contribution >= 4 is 28.2 Å². The minimum atomic E-state index is -0.0361. The molecule has 0 bridgehead atoms. The number of fused-ring (bicyclic) bond motifs is 1. The molecule has 2 aromatic heterocycles. The number of aromatic nitrogens is 1. The molecule has 0 aliphatic carbocycles. The minimum Gasteiger partial charge on any atom is -0.467 e. The van der Waals surface area contributed by atoms with E-state index in [0.29, 0.717) is 13.0 Å². The molecule has 0 aliphatic rings. The summed E-state index contributed by atoms with van der Waals surface area (Å²) in [5.41, 5.74) is 3.78. The van der Waals surface area contributed by atoms with Crippen molar-refractivity contribution in [2.75, 3.05) is 10.6 Å². The van der Waals surface area contributed by atoms with Crippen LogP contribution in [0.1, 0.15) is 11.3 Å². The van der Waals surface area contributed by atoms with Crippen molar-refractivity contribution in [3.05, 3.63) is 84.4 Å². The van der Waals surface area contributed by atoms with Gasteiger partial charge in [-0.3, -0.25) is 4.79 Å². The van der Waals surface area contributed by atoms with Crippen LogP contribution in [0.2, 0.25) is 0 Å². The second kappa shape index (κ2) is 7.19. The van der Waals surface area contributed by atoms with Crippen molar-refractivity contribution < 1.29 is 9.21 Å². The average Bonchev–Trinajstić information content (AvgIpc) is 3.32. The van der Waals surface area contributed by atoms with Crippen molar-refractivity contribution in [1.29, 1.82) is 0 Å². The van der Waals surface area contributed by atoms with Crippen LogP contribution in [0, 0.1) is 0 Å². The Morgan fingerprint density at radius 1 is 0.962 bits per heavy atom. The van der Waals surface area contributed by atoms with E-state index in [1.807, 2.05) is 66.9 Å². The monoisotopic (exact) mass is 345 g/mol. The van der Waals surface area contributed by atoms with Crippen molar-refractivity contribution in [3.8, 4) is 0 Å². The molecule has 0 spiro atoms. The van der Waals surface area contributed by atoms with Gasteiger partial charge in [-0.15, -0.1) is 0 Å². The highest BCUT2D eigenvalue weighted by atomic mass is 16.3. The summed E-state index contributed by atoms with van der Waals surface area (Å²) >= 11 is 0. The Balaban J connectivity index is 1.35. The Kier molecular flexibility index (Phi) is 4.43. The zero-order chi connectivity index (χ0) is 17.8. The summed E-state index contributed by atoms with van der Waals surface area (Å²) in [5, 5.41) is 7.30. The maximum atomic E-state index is 12.3. The lowest BCUT2D eigenvalue weighted by atomic mass is 10.1. The lowest BCUT2D eigenvalue weighted by Crippen LogP contribution is -2.14. The molecule has 130 valence electrons. The number of hydrogen-bond donors (Lipinski definition) is 3. The predicted molar refractivity (Wildman–Crippen MR) is 103 cm³/mol. The lowest BCUT2D eigenvalue weighted by Gasteiger charge is -2.08. The van der Waals surface area contributed by atoms with Crippen molar-refractivity contribution in [2.24, 2.45) is 0 Å². The molecule has 1 amide bonds. The molecule has 5 heteroatoms. The average molecular weight is 345 g/mol. The Morgan fingerprint density at radius 3 is 2.58 bits per heavy atom. The number of anilines is 2. The van der Waals surface area contributed by atoms with E-state index in [-0.39, 0.29) is 5.91 Å². The number of furan rings is 1. The van der Waals surface area contributed by atoms with E-state index in [1.54, 1.807) is 6.26 Å². The standard InChI is InChI=1S/C21H19N3O2/c25-21(12-15-13-23-20-6-2-1-5-19(15)20)24-17-9-7-16(8-10-17)22-14-18-4-3-11-26-18/h1-11,13,22-23H,12,14H2,(H,24,25). The Morgan fingerprint density at radius 2 is 1.77 bits per heavy atom. The van der Waals surface area contributed by atoms with Crippen LogP contribution in [-0.2, 0) is 17.8 Å². The number of nitrogens with one attached hydrogen (secondary N) is 3. The third-order valence-corrected chi connectivity index (χ3v) is 4.24. The van der Waals surface area contributed by atoms with Crippen LogP contribution in [0.3, 0.4) is 0 Å². The number of carbonyl (C=O) groups excluding carboxylic acids is 1. The third-order valence-electron chi connectivity index (χ3n) is 4.24. The van der Waals surface area contributed by atoms with Crippen LogP contribution in [0.4, 0.5) is 11.4 Å². The molecule has 4 rings (SSSR count).